The van der Waals surface area contributed by atoms with Gasteiger partial charge in [-0.3, -0.25) is 4.79 Å². The third-order valence-corrected chi connectivity index (χ3v) is 8.41. The van der Waals surface area contributed by atoms with Gasteiger partial charge in [0.2, 0.25) is 11.7 Å². The number of amides is 1. The van der Waals surface area contributed by atoms with Gasteiger partial charge in [-0.05, 0) is 91.9 Å². The fraction of sp³-hybridized carbons (Fsp3) is 0.323. The fourth-order valence-corrected chi connectivity index (χ4v) is 6.26. The fourth-order valence-electron chi connectivity index (χ4n) is 6.26. The summed E-state index contributed by atoms with van der Waals surface area (Å²) in [5.74, 6) is 2.20. The molecule has 7 rings (SSSR count). The Morgan fingerprint density at radius 2 is 1.79 bits per heavy atom. The molecular weight excluding hydrogens is 476 g/mol. The van der Waals surface area contributed by atoms with Crippen LogP contribution in [0.4, 0.5) is 5.69 Å². The van der Waals surface area contributed by atoms with Crippen LogP contribution in [0.15, 0.2) is 59.1 Å². The molecule has 1 aromatic heterocycles. The van der Waals surface area contributed by atoms with Gasteiger partial charge in [0, 0.05) is 41.3 Å². The first-order valence-electron chi connectivity index (χ1n) is 13.4. The standard InChI is InChI=1S/C31H30N4O3/c1-19-15-24(29-33-20(2)38-34-29)7-8-25(19)21-3-5-22(6-4-21)30(36)35-14-9-23-16-28-26(17-27(23)35)31(18-37-28)10-12-32-13-11-31/h3-8,15-17,32H,9-14,18H2,1-2H3. The number of rotatable bonds is 3. The Morgan fingerprint density at radius 3 is 2.53 bits per heavy atom. The lowest BCUT2D eigenvalue weighted by Gasteiger charge is -2.33. The lowest BCUT2D eigenvalue weighted by atomic mass is 9.74. The van der Waals surface area contributed by atoms with Crippen molar-refractivity contribution in [3.05, 3.63) is 82.7 Å². The molecule has 4 heterocycles. The van der Waals surface area contributed by atoms with Crippen molar-refractivity contribution in [1.82, 2.24) is 15.5 Å². The normalized spacial score (nSPS) is 17.4. The summed E-state index contributed by atoms with van der Waals surface area (Å²) >= 11 is 0. The van der Waals surface area contributed by atoms with E-state index in [0.29, 0.717) is 23.8 Å². The van der Waals surface area contributed by atoms with E-state index >= 15 is 0 Å². The maximum absolute atomic E-state index is 13.7. The number of aromatic nitrogens is 2. The van der Waals surface area contributed by atoms with Gasteiger partial charge in [0.05, 0.1) is 6.61 Å². The molecule has 7 nitrogen and oxygen atoms in total. The van der Waals surface area contributed by atoms with Crippen LogP contribution >= 0.6 is 0 Å². The van der Waals surface area contributed by atoms with Crippen molar-refractivity contribution in [3.8, 4) is 28.3 Å². The van der Waals surface area contributed by atoms with Crippen molar-refractivity contribution < 1.29 is 14.1 Å². The molecule has 1 amide bonds. The van der Waals surface area contributed by atoms with E-state index in [9.17, 15) is 4.79 Å². The summed E-state index contributed by atoms with van der Waals surface area (Å²) < 4.78 is 11.3. The lowest BCUT2D eigenvalue weighted by Crippen LogP contribution is -2.41. The van der Waals surface area contributed by atoms with Gasteiger partial charge in [-0.2, -0.15) is 4.98 Å². The molecule has 0 aliphatic carbocycles. The minimum absolute atomic E-state index is 0.0491. The molecular formula is C31H30N4O3. The van der Waals surface area contributed by atoms with Gasteiger partial charge in [0.25, 0.3) is 5.91 Å². The first-order valence-corrected chi connectivity index (χ1v) is 13.4. The topological polar surface area (TPSA) is 80.5 Å². The number of carbonyl (C=O) groups is 1. The van der Waals surface area contributed by atoms with E-state index in [4.69, 9.17) is 9.26 Å². The summed E-state index contributed by atoms with van der Waals surface area (Å²) in [6.07, 6.45) is 3.00. The van der Waals surface area contributed by atoms with Crippen LogP contribution < -0.4 is 15.0 Å². The summed E-state index contributed by atoms with van der Waals surface area (Å²) in [6.45, 7) is 7.32. The Kier molecular flexibility index (Phi) is 5.37. The highest BCUT2D eigenvalue weighted by Crippen LogP contribution is 2.48. The average molecular weight is 507 g/mol. The molecule has 0 unspecified atom stereocenters. The summed E-state index contributed by atoms with van der Waals surface area (Å²) in [7, 11) is 0. The molecule has 0 atom stereocenters. The SMILES string of the molecule is Cc1nc(-c2ccc(-c3ccc(C(=O)N4CCc5cc6c(cc54)C4(CCNCC4)CO6)cc3)c(C)c2)no1. The molecule has 3 aliphatic rings. The molecule has 0 bridgehead atoms. The smallest absolute Gasteiger partial charge is 0.258 e. The number of nitrogens with one attached hydrogen (secondary N) is 1. The Bertz CT molecular complexity index is 1550. The highest BCUT2D eigenvalue weighted by Gasteiger charge is 2.43. The maximum Gasteiger partial charge on any atom is 0.258 e. The number of carbonyl (C=O) groups excluding carboxylic acids is 1. The second kappa shape index (κ2) is 8.81. The molecule has 3 aliphatic heterocycles. The van der Waals surface area contributed by atoms with Crippen LogP contribution in [0.5, 0.6) is 5.75 Å². The van der Waals surface area contributed by atoms with Gasteiger partial charge in [0.15, 0.2) is 0 Å². The van der Waals surface area contributed by atoms with Crippen molar-refractivity contribution in [2.24, 2.45) is 0 Å². The molecule has 4 aromatic rings. The molecule has 0 saturated carbocycles. The number of hydrogen-bond acceptors (Lipinski definition) is 6. The van der Waals surface area contributed by atoms with Gasteiger partial charge in [-0.15, -0.1) is 0 Å². The van der Waals surface area contributed by atoms with Crippen LogP contribution in [0.2, 0.25) is 0 Å². The second-order valence-electron chi connectivity index (χ2n) is 10.7. The van der Waals surface area contributed by atoms with Crippen molar-refractivity contribution >= 4 is 11.6 Å². The zero-order chi connectivity index (χ0) is 25.9. The van der Waals surface area contributed by atoms with Gasteiger partial charge in [-0.25, -0.2) is 0 Å². The van der Waals surface area contributed by atoms with E-state index in [1.54, 1.807) is 6.92 Å². The van der Waals surface area contributed by atoms with E-state index in [1.807, 2.05) is 35.2 Å². The zero-order valence-corrected chi connectivity index (χ0v) is 21.7. The number of nitrogens with zero attached hydrogens (tertiary/aromatic N) is 3. The van der Waals surface area contributed by atoms with Gasteiger partial charge >= 0.3 is 0 Å². The predicted octanol–water partition coefficient (Wildman–Crippen LogP) is 5.24. The number of benzene rings is 3. The van der Waals surface area contributed by atoms with E-state index in [2.05, 4.69) is 46.6 Å². The molecule has 1 spiro atoms. The highest BCUT2D eigenvalue weighted by molar-refractivity contribution is 6.07. The van der Waals surface area contributed by atoms with Gasteiger partial charge < -0.3 is 19.5 Å². The van der Waals surface area contributed by atoms with Gasteiger partial charge in [0.1, 0.15) is 5.75 Å². The van der Waals surface area contributed by atoms with Crippen molar-refractivity contribution in [3.63, 3.8) is 0 Å². The van der Waals surface area contributed by atoms with E-state index in [1.165, 1.54) is 11.1 Å². The second-order valence-corrected chi connectivity index (χ2v) is 10.7. The number of piperidine rings is 1. The van der Waals surface area contributed by atoms with Gasteiger partial charge in [-0.1, -0.05) is 29.4 Å². The van der Waals surface area contributed by atoms with Crippen LogP contribution in [0.1, 0.15) is 45.8 Å². The minimum Gasteiger partial charge on any atom is -0.492 e. The van der Waals surface area contributed by atoms with Crippen molar-refractivity contribution in [2.75, 3.05) is 31.1 Å². The Labute approximate surface area is 221 Å². The molecule has 0 radical (unpaired) electrons. The summed E-state index contributed by atoms with van der Waals surface area (Å²) in [5, 5.41) is 7.49. The Morgan fingerprint density at radius 1 is 1.00 bits per heavy atom. The monoisotopic (exact) mass is 506 g/mol. The minimum atomic E-state index is 0.0491. The number of aryl methyl sites for hydroxylation is 2. The summed E-state index contributed by atoms with van der Waals surface area (Å²) in [5.41, 5.74) is 8.52. The van der Waals surface area contributed by atoms with Crippen molar-refractivity contribution in [1.29, 1.82) is 0 Å². The largest absolute Gasteiger partial charge is 0.492 e. The Hall–Kier alpha value is -3.97. The van der Waals surface area contributed by atoms with Crippen LogP contribution in [0.25, 0.3) is 22.5 Å². The first kappa shape index (κ1) is 23.2. The molecule has 7 heteroatoms. The number of hydrogen-bond donors (Lipinski definition) is 1. The van der Waals surface area contributed by atoms with E-state index in [-0.39, 0.29) is 11.3 Å². The molecule has 192 valence electrons. The number of anilines is 1. The van der Waals surface area contributed by atoms with Crippen LogP contribution in [-0.2, 0) is 11.8 Å². The highest BCUT2D eigenvalue weighted by atomic mass is 16.5. The number of fused-ring (bicyclic) bond motifs is 3. The van der Waals surface area contributed by atoms with E-state index in [0.717, 1.165) is 72.6 Å². The quantitative estimate of drug-likeness (QED) is 0.410. The lowest BCUT2D eigenvalue weighted by molar-refractivity contribution is 0.0989. The summed E-state index contributed by atoms with van der Waals surface area (Å²) in [6, 6.07) is 18.5. The maximum atomic E-state index is 13.7. The van der Waals surface area contributed by atoms with Crippen LogP contribution in [0.3, 0.4) is 0 Å². The Balaban J connectivity index is 1.14. The molecule has 1 fully saturated rings. The van der Waals surface area contributed by atoms with Crippen molar-refractivity contribution in [2.45, 2.75) is 38.5 Å². The average Bonchev–Trinajstić information content (AvgIpc) is 3.65. The molecule has 1 N–H and O–H groups in total. The van der Waals surface area contributed by atoms with E-state index < -0.39 is 0 Å². The molecule has 38 heavy (non-hydrogen) atoms. The zero-order valence-electron chi connectivity index (χ0n) is 21.7. The predicted molar refractivity (Wildman–Crippen MR) is 146 cm³/mol. The van der Waals surface area contributed by atoms with Crippen LogP contribution in [-0.4, -0.2) is 42.3 Å². The third-order valence-electron chi connectivity index (χ3n) is 8.41. The first-order chi connectivity index (χ1) is 18.5. The summed E-state index contributed by atoms with van der Waals surface area (Å²) in [4.78, 5) is 19.9. The number of ether oxygens (including phenoxy) is 1. The molecule has 1 saturated heterocycles. The van der Waals surface area contributed by atoms with Crippen LogP contribution in [0, 0.1) is 13.8 Å². The third kappa shape index (κ3) is 3.72. The molecule has 3 aromatic carbocycles.